The topological polar surface area (TPSA) is 67.5 Å². The van der Waals surface area contributed by atoms with Gasteiger partial charge in [-0.1, -0.05) is 0 Å². The van der Waals surface area contributed by atoms with Crippen molar-refractivity contribution in [2.24, 2.45) is 0 Å². The molecule has 0 atom stereocenters. The molecule has 0 amide bonds. The molecule has 0 aliphatic carbocycles. The summed E-state index contributed by atoms with van der Waals surface area (Å²) >= 11 is 0. The van der Waals surface area contributed by atoms with E-state index in [4.69, 9.17) is 5.11 Å². The van der Waals surface area contributed by atoms with Crippen molar-refractivity contribution in [3.8, 4) is 0 Å². The number of carboxylic acid groups (broad SMARTS) is 1. The molecule has 5 heteroatoms. The molecule has 5 nitrogen and oxygen atoms in total. The van der Waals surface area contributed by atoms with Gasteiger partial charge in [0, 0.05) is 18.6 Å². The third-order valence-electron chi connectivity index (χ3n) is 1.45. The Hall–Kier alpha value is -1.91. The van der Waals surface area contributed by atoms with Gasteiger partial charge in [0.05, 0.1) is 0 Å². The first-order valence-corrected chi connectivity index (χ1v) is 3.30. The van der Waals surface area contributed by atoms with Crippen molar-refractivity contribution in [1.29, 1.82) is 0 Å². The van der Waals surface area contributed by atoms with E-state index < -0.39 is 5.97 Å². The average Bonchev–Trinajstić information content (AvgIpc) is 2.46. The quantitative estimate of drug-likeness (QED) is 0.661. The molecule has 2 aromatic rings. The van der Waals surface area contributed by atoms with Crippen LogP contribution in [-0.4, -0.2) is 25.4 Å². The van der Waals surface area contributed by atoms with Crippen LogP contribution in [0, 0.1) is 0 Å². The Bertz CT molecular complexity index is 402. The lowest BCUT2D eigenvalue weighted by Gasteiger charge is -1.85. The number of carbonyl (C=O) groups is 1. The van der Waals surface area contributed by atoms with Crippen molar-refractivity contribution in [3.63, 3.8) is 0 Å². The summed E-state index contributed by atoms with van der Waals surface area (Å²) in [4.78, 5) is 18.1. The Morgan fingerprint density at radius 2 is 2.42 bits per heavy atom. The number of hydrogen-bond donors (Lipinski definition) is 1. The number of aromatic carboxylic acids is 1. The predicted octanol–water partition coefficient (Wildman–Crippen LogP) is 0.427. The Labute approximate surface area is 67.3 Å². The number of carboxylic acids is 1. The van der Waals surface area contributed by atoms with Crippen molar-refractivity contribution in [2.45, 2.75) is 0 Å². The third kappa shape index (κ3) is 0.914. The van der Waals surface area contributed by atoms with Gasteiger partial charge in [-0.2, -0.15) is 0 Å². The van der Waals surface area contributed by atoms with Gasteiger partial charge in [0.1, 0.15) is 0 Å². The highest BCUT2D eigenvalue weighted by Gasteiger charge is 2.07. The highest BCUT2D eigenvalue weighted by atomic mass is 16.4. The number of aromatic nitrogens is 3. The van der Waals surface area contributed by atoms with Crippen LogP contribution >= 0.6 is 0 Å². The lowest BCUT2D eigenvalue weighted by atomic mass is 10.5. The van der Waals surface area contributed by atoms with Crippen LogP contribution < -0.4 is 0 Å². The molecule has 0 saturated heterocycles. The predicted molar refractivity (Wildman–Crippen MR) is 39.9 cm³/mol. The zero-order valence-electron chi connectivity index (χ0n) is 6.01. The van der Waals surface area contributed by atoms with E-state index in [0.29, 0.717) is 5.78 Å². The molecule has 0 fully saturated rings. The van der Waals surface area contributed by atoms with Gasteiger partial charge in [-0.15, -0.1) is 0 Å². The molecule has 0 aliphatic heterocycles. The third-order valence-corrected chi connectivity index (χ3v) is 1.45. The summed E-state index contributed by atoms with van der Waals surface area (Å²) in [5, 5.41) is 8.58. The highest BCUT2D eigenvalue weighted by Crippen LogP contribution is 2.00. The molecule has 0 saturated carbocycles. The lowest BCUT2D eigenvalue weighted by Crippen LogP contribution is -1.94. The number of hydrogen-bond acceptors (Lipinski definition) is 3. The normalized spacial score (nSPS) is 10.3. The molecule has 0 unspecified atom stereocenters. The highest BCUT2D eigenvalue weighted by molar-refractivity contribution is 5.85. The number of fused-ring (bicyclic) bond motifs is 1. The molecule has 1 N–H and O–H groups in total. The average molecular weight is 163 g/mol. The van der Waals surface area contributed by atoms with Crippen LogP contribution in [0.3, 0.4) is 0 Å². The molecule has 0 spiro atoms. The van der Waals surface area contributed by atoms with Gasteiger partial charge in [-0.05, 0) is 6.07 Å². The van der Waals surface area contributed by atoms with Crippen LogP contribution in [0.1, 0.15) is 10.5 Å². The van der Waals surface area contributed by atoms with E-state index in [1.54, 1.807) is 22.9 Å². The number of nitrogens with zero attached hydrogens (tertiary/aromatic N) is 3. The van der Waals surface area contributed by atoms with Crippen LogP contribution in [0.15, 0.2) is 24.7 Å². The van der Waals surface area contributed by atoms with E-state index in [0.717, 1.165) is 0 Å². The van der Waals surface area contributed by atoms with E-state index in [1.807, 2.05) is 0 Å². The van der Waals surface area contributed by atoms with Crippen LogP contribution in [0.4, 0.5) is 0 Å². The Morgan fingerprint density at radius 3 is 3.08 bits per heavy atom. The van der Waals surface area contributed by atoms with Crippen molar-refractivity contribution in [1.82, 2.24) is 14.4 Å². The summed E-state index contributed by atoms with van der Waals surface area (Å²) in [7, 11) is 0. The first-order valence-electron chi connectivity index (χ1n) is 3.30. The summed E-state index contributed by atoms with van der Waals surface area (Å²) < 4.78 is 1.56. The molecule has 60 valence electrons. The maximum absolute atomic E-state index is 10.5. The first-order chi connectivity index (χ1) is 5.77. The minimum Gasteiger partial charge on any atom is -0.476 e. The van der Waals surface area contributed by atoms with Crippen LogP contribution in [-0.2, 0) is 0 Å². The molecule has 0 aliphatic rings. The lowest BCUT2D eigenvalue weighted by molar-refractivity contribution is 0.0691. The van der Waals surface area contributed by atoms with Gasteiger partial charge in [0.15, 0.2) is 5.69 Å². The maximum Gasteiger partial charge on any atom is 0.356 e. The molecule has 12 heavy (non-hydrogen) atoms. The maximum atomic E-state index is 10.5. The summed E-state index contributed by atoms with van der Waals surface area (Å²) in [6.07, 6.45) is 4.68. The molecule has 0 aromatic carbocycles. The fourth-order valence-electron chi connectivity index (χ4n) is 0.933. The molecule has 2 rings (SSSR count). The summed E-state index contributed by atoms with van der Waals surface area (Å²) in [6, 6.07) is 1.71. The largest absolute Gasteiger partial charge is 0.476 e. The number of rotatable bonds is 1. The molecule has 2 heterocycles. The van der Waals surface area contributed by atoms with Crippen molar-refractivity contribution >= 4 is 11.7 Å². The van der Waals surface area contributed by atoms with Gasteiger partial charge in [0.2, 0.25) is 5.78 Å². The standard InChI is InChI=1S/C7H5N3O2/c11-6(12)5-4-10-3-1-2-8-7(10)9-5/h1-4H,(H,11,12). The van der Waals surface area contributed by atoms with Gasteiger partial charge >= 0.3 is 5.97 Å². The van der Waals surface area contributed by atoms with E-state index in [2.05, 4.69) is 9.97 Å². The monoisotopic (exact) mass is 163 g/mol. The van der Waals surface area contributed by atoms with Gasteiger partial charge in [-0.3, -0.25) is 4.40 Å². The number of imidazole rings is 1. The Morgan fingerprint density at radius 1 is 1.58 bits per heavy atom. The van der Waals surface area contributed by atoms with Crippen molar-refractivity contribution < 1.29 is 9.90 Å². The van der Waals surface area contributed by atoms with Gasteiger partial charge in [0.25, 0.3) is 0 Å². The molecular formula is C7H5N3O2. The van der Waals surface area contributed by atoms with Crippen LogP contribution in [0.25, 0.3) is 5.78 Å². The Balaban J connectivity index is 2.70. The van der Waals surface area contributed by atoms with E-state index >= 15 is 0 Å². The zero-order chi connectivity index (χ0) is 8.55. The smallest absolute Gasteiger partial charge is 0.356 e. The minimum atomic E-state index is -1.04. The second-order valence-electron chi connectivity index (χ2n) is 2.26. The second-order valence-corrected chi connectivity index (χ2v) is 2.26. The van der Waals surface area contributed by atoms with E-state index in [9.17, 15) is 4.79 Å². The summed E-state index contributed by atoms with van der Waals surface area (Å²) in [5.74, 6) is -0.643. The Kier molecular flexibility index (Phi) is 1.30. The first kappa shape index (κ1) is 6.78. The minimum absolute atomic E-state index is 0.00806. The molecule has 2 aromatic heterocycles. The van der Waals surface area contributed by atoms with E-state index in [1.165, 1.54) is 6.20 Å². The SMILES string of the molecule is O=C(O)c1cn2cccnc2n1. The molecule has 0 bridgehead atoms. The van der Waals surface area contributed by atoms with Crippen molar-refractivity contribution in [3.05, 3.63) is 30.4 Å². The summed E-state index contributed by atoms with van der Waals surface area (Å²) in [5.41, 5.74) is 0.00806. The fourth-order valence-corrected chi connectivity index (χ4v) is 0.933. The summed E-state index contributed by atoms with van der Waals surface area (Å²) in [6.45, 7) is 0. The van der Waals surface area contributed by atoms with Gasteiger partial charge in [-0.25, -0.2) is 14.8 Å². The molecule has 0 radical (unpaired) electrons. The van der Waals surface area contributed by atoms with Gasteiger partial charge < -0.3 is 5.11 Å². The second kappa shape index (κ2) is 2.30. The van der Waals surface area contributed by atoms with E-state index in [-0.39, 0.29) is 5.69 Å². The molecular weight excluding hydrogens is 158 g/mol. The van der Waals surface area contributed by atoms with Crippen molar-refractivity contribution in [2.75, 3.05) is 0 Å². The zero-order valence-corrected chi connectivity index (χ0v) is 6.01. The fraction of sp³-hybridized carbons (Fsp3) is 0. The van der Waals surface area contributed by atoms with Crippen LogP contribution in [0.2, 0.25) is 0 Å². The van der Waals surface area contributed by atoms with Crippen LogP contribution in [0.5, 0.6) is 0 Å².